The third-order valence-electron chi connectivity index (χ3n) is 12.7. The molecular weight excluding hydrogens is 793 g/mol. The Labute approximate surface area is 398 Å². The monoisotopic (exact) mass is 901 g/mol. The molecule has 0 saturated carbocycles. The molecule has 0 aromatic heterocycles. The topological polar surface area (TPSA) is 78.9 Å². The molecule has 0 aromatic carbocycles. The summed E-state index contributed by atoms with van der Waals surface area (Å²) < 4.78 is 16.8. The van der Waals surface area contributed by atoms with Crippen LogP contribution in [0.4, 0.5) is 0 Å². The molecule has 1 unspecified atom stereocenters. The van der Waals surface area contributed by atoms with Gasteiger partial charge in [0.1, 0.15) is 13.2 Å². The van der Waals surface area contributed by atoms with Gasteiger partial charge >= 0.3 is 17.9 Å². The molecule has 6 nitrogen and oxygen atoms in total. The van der Waals surface area contributed by atoms with Crippen LogP contribution in [0.25, 0.3) is 0 Å². The molecule has 0 aliphatic rings. The lowest BCUT2D eigenvalue weighted by Gasteiger charge is -2.18. The Balaban J connectivity index is 4.22. The molecule has 0 saturated heterocycles. The summed E-state index contributed by atoms with van der Waals surface area (Å²) in [6.07, 6.45) is 61.8. The first-order valence-corrected chi connectivity index (χ1v) is 28.3. The van der Waals surface area contributed by atoms with Crippen LogP contribution in [-0.4, -0.2) is 37.2 Å². The van der Waals surface area contributed by atoms with E-state index in [9.17, 15) is 14.4 Å². The van der Waals surface area contributed by atoms with Gasteiger partial charge in [0.2, 0.25) is 0 Å². The van der Waals surface area contributed by atoms with Gasteiger partial charge in [0, 0.05) is 19.3 Å². The Bertz CT molecular complexity index is 1040. The van der Waals surface area contributed by atoms with Crippen LogP contribution < -0.4 is 0 Å². The van der Waals surface area contributed by atoms with E-state index in [4.69, 9.17) is 14.2 Å². The first kappa shape index (κ1) is 61.9. The molecule has 0 heterocycles. The second-order valence-corrected chi connectivity index (χ2v) is 19.2. The quantitative estimate of drug-likeness (QED) is 0.0262. The molecule has 0 spiro atoms. The van der Waals surface area contributed by atoms with E-state index in [1.807, 2.05) is 0 Å². The van der Waals surface area contributed by atoms with Gasteiger partial charge in [-0.15, -0.1) is 0 Å². The molecule has 6 heteroatoms. The van der Waals surface area contributed by atoms with Crippen LogP contribution in [-0.2, 0) is 28.6 Å². The van der Waals surface area contributed by atoms with Crippen LogP contribution in [0.1, 0.15) is 310 Å². The zero-order chi connectivity index (χ0) is 46.5. The van der Waals surface area contributed by atoms with Crippen molar-refractivity contribution < 1.29 is 28.6 Å². The number of carbonyl (C=O) groups excluding carboxylic acids is 3. The van der Waals surface area contributed by atoms with E-state index in [1.54, 1.807) is 0 Å². The van der Waals surface area contributed by atoms with Gasteiger partial charge in [0.05, 0.1) is 0 Å². The number of ether oxygens (including phenoxy) is 3. The summed E-state index contributed by atoms with van der Waals surface area (Å²) in [5, 5.41) is 0. The van der Waals surface area contributed by atoms with Crippen LogP contribution in [0.15, 0.2) is 24.3 Å². The van der Waals surface area contributed by atoms with Gasteiger partial charge in [0.15, 0.2) is 6.10 Å². The first-order chi connectivity index (χ1) is 31.5. The van der Waals surface area contributed by atoms with Gasteiger partial charge in [-0.25, -0.2) is 0 Å². The number of unbranched alkanes of at least 4 members (excludes halogenated alkanes) is 37. The predicted octanol–water partition coefficient (Wildman–Crippen LogP) is 18.7. The highest BCUT2D eigenvalue weighted by atomic mass is 16.6. The average molecular weight is 901 g/mol. The molecule has 0 N–H and O–H groups in total. The molecule has 0 amide bonds. The molecule has 0 aliphatic carbocycles. The standard InChI is InChI=1S/C58H108O6/c1-4-7-10-13-16-19-22-25-26-27-28-29-30-31-32-33-34-37-39-42-45-48-51-57(60)63-54-55(64-58(61)52-49-46-43-40-36-24-21-18-15-12-9-6-3)53-62-56(59)50-47-44-41-38-35-23-20-17-14-11-8-5-2/h17-18,20-21,55H,4-16,19,22-54H2,1-3H3/b20-17-,21-18-. The van der Waals surface area contributed by atoms with Gasteiger partial charge in [-0.05, 0) is 70.6 Å². The smallest absolute Gasteiger partial charge is 0.306 e. The van der Waals surface area contributed by atoms with Crippen molar-refractivity contribution >= 4 is 17.9 Å². The van der Waals surface area contributed by atoms with E-state index in [1.165, 1.54) is 199 Å². The summed E-state index contributed by atoms with van der Waals surface area (Å²) in [5.41, 5.74) is 0. The summed E-state index contributed by atoms with van der Waals surface area (Å²) in [6.45, 7) is 6.62. The second-order valence-electron chi connectivity index (χ2n) is 19.2. The first-order valence-electron chi connectivity index (χ1n) is 28.3. The van der Waals surface area contributed by atoms with E-state index in [-0.39, 0.29) is 31.1 Å². The van der Waals surface area contributed by atoms with Gasteiger partial charge in [0.25, 0.3) is 0 Å². The van der Waals surface area contributed by atoms with E-state index in [0.717, 1.165) is 70.6 Å². The largest absolute Gasteiger partial charge is 0.462 e. The lowest BCUT2D eigenvalue weighted by atomic mass is 10.0. The number of allylic oxidation sites excluding steroid dienone is 4. The molecule has 0 radical (unpaired) electrons. The normalized spacial score (nSPS) is 12.1. The van der Waals surface area contributed by atoms with E-state index in [0.29, 0.717) is 19.3 Å². The van der Waals surface area contributed by atoms with Gasteiger partial charge < -0.3 is 14.2 Å². The van der Waals surface area contributed by atoms with Crippen molar-refractivity contribution in [2.45, 2.75) is 316 Å². The minimum absolute atomic E-state index is 0.0732. The van der Waals surface area contributed by atoms with Crippen molar-refractivity contribution in [3.63, 3.8) is 0 Å². The van der Waals surface area contributed by atoms with E-state index >= 15 is 0 Å². The van der Waals surface area contributed by atoms with Crippen LogP contribution in [0, 0.1) is 0 Å². The van der Waals surface area contributed by atoms with Crippen molar-refractivity contribution in [2.75, 3.05) is 13.2 Å². The molecule has 0 rings (SSSR count). The molecule has 1 atom stereocenters. The number of hydrogen-bond donors (Lipinski definition) is 0. The number of rotatable bonds is 52. The highest BCUT2D eigenvalue weighted by Gasteiger charge is 2.19. The molecule has 64 heavy (non-hydrogen) atoms. The Morgan fingerprint density at radius 1 is 0.297 bits per heavy atom. The highest BCUT2D eigenvalue weighted by Crippen LogP contribution is 2.17. The van der Waals surface area contributed by atoms with Crippen LogP contribution >= 0.6 is 0 Å². The zero-order valence-corrected chi connectivity index (χ0v) is 43.1. The summed E-state index contributed by atoms with van der Waals surface area (Å²) in [4.78, 5) is 38.0. The van der Waals surface area contributed by atoms with Crippen LogP contribution in [0.5, 0.6) is 0 Å². The third-order valence-corrected chi connectivity index (χ3v) is 12.7. The fourth-order valence-corrected chi connectivity index (χ4v) is 8.37. The molecule has 0 bridgehead atoms. The lowest BCUT2D eigenvalue weighted by molar-refractivity contribution is -0.167. The fourth-order valence-electron chi connectivity index (χ4n) is 8.37. The summed E-state index contributed by atoms with van der Waals surface area (Å²) >= 11 is 0. The molecule has 376 valence electrons. The van der Waals surface area contributed by atoms with Crippen LogP contribution in [0.2, 0.25) is 0 Å². The summed E-state index contributed by atoms with van der Waals surface area (Å²) in [7, 11) is 0. The summed E-state index contributed by atoms with van der Waals surface area (Å²) in [5.74, 6) is -0.876. The average Bonchev–Trinajstić information content (AvgIpc) is 3.29. The van der Waals surface area contributed by atoms with E-state index < -0.39 is 6.10 Å². The van der Waals surface area contributed by atoms with Gasteiger partial charge in [-0.3, -0.25) is 14.4 Å². The third kappa shape index (κ3) is 50.9. The van der Waals surface area contributed by atoms with Crippen molar-refractivity contribution in [1.82, 2.24) is 0 Å². The van der Waals surface area contributed by atoms with Crippen molar-refractivity contribution in [3.05, 3.63) is 24.3 Å². The molecular formula is C58H108O6. The minimum atomic E-state index is -0.774. The van der Waals surface area contributed by atoms with Crippen molar-refractivity contribution in [2.24, 2.45) is 0 Å². The maximum absolute atomic E-state index is 12.8. The Kier molecular flexibility index (Phi) is 51.7. The zero-order valence-electron chi connectivity index (χ0n) is 43.1. The number of carbonyl (C=O) groups is 3. The lowest BCUT2D eigenvalue weighted by Crippen LogP contribution is -2.30. The maximum Gasteiger partial charge on any atom is 0.306 e. The Morgan fingerprint density at radius 3 is 0.812 bits per heavy atom. The predicted molar refractivity (Wildman–Crippen MR) is 275 cm³/mol. The van der Waals surface area contributed by atoms with Gasteiger partial charge in [-0.2, -0.15) is 0 Å². The fraction of sp³-hybridized carbons (Fsp3) is 0.879. The summed E-state index contributed by atoms with van der Waals surface area (Å²) in [6, 6.07) is 0. The molecule has 0 aliphatic heterocycles. The molecule has 0 aromatic rings. The van der Waals surface area contributed by atoms with Crippen molar-refractivity contribution in [3.8, 4) is 0 Å². The van der Waals surface area contributed by atoms with Gasteiger partial charge in [-0.1, -0.05) is 244 Å². The molecule has 0 fully saturated rings. The Morgan fingerprint density at radius 2 is 0.516 bits per heavy atom. The van der Waals surface area contributed by atoms with Crippen LogP contribution in [0.3, 0.4) is 0 Å². The van der Waals surface area contributed by atoms with Crippen molar-refractivity contribution in [1.29, 1.82) is 0 Å². The SMILES string of the molecule is CCCCC/C=C\CCCCCCCC(=O)OCC(COC(=O)CCCCCCCCCCCCCCCCCCCCCCCC)OC(=O)CCCCCCC/C=C\CCCCC. The minimum Gasteiger partial charge on any atom is -0.462 e. The Hall–Kier alpha value is -2.11. The number of hydrogen-bond acceptors (Lipinski definition) is 6. The maximum atomic E-state index is 12.8. The number of esters is 3. The van der Waals surface area contributed by atoms with E-state index in [2.05, 4.69) is 45.1 Å². The highest BCUT2D eigenvalue weighted by molar-refractivity contribution is 5.71. The second kappa shape index (κ2) is 53.5.